The van der Waals surface area contributed by atoms with E-state index >= 15 is 0 Å². The molecule has 1 rings (SSSR count). The third kappa shape index (κ3) is 2.79. The van der Waals surface area contributed by atoms with Crippen LogP contribution in [0.2, 0.25) is 5.02 Å². The molecule has 0 unspecified atom stereocenters. The van der Waals surface area contributed by atoms with E-state index in [1.54, 1.807) is 13.8 Å². The van der Waals surface area contributed by atoms with Crippen molar-refractivity contribution < 1.29 is 5.11 Å². The molecule has 4 nitrogen and oxygen atoms in total. The van der Waals surface area contributed by atoms with Crippen LogP contribution in [0.4, 0.5) is 5.82 Å². The van der Waals surface area contributed by atoms with Gasteiger partial charge in [0.05, 0.1) is 17.3 Å². The summed E-state index contributed by atoms with van der Waals surface area (Å²) in [5.74, 6) is 0.527. The summed E-state index contributed by atoms with van der Waals surface area (Å²) in [5.41, 5.74) is -1.42. The van der Waals surface area contributed by atoms with Crippen LogP contribution >= 0.6 is 11.6 Å². The predicted molar refractivity (Wildman–Crippen MR) is 61.0 cm³/mol. The molecule has 5 heteroatoms. The van der Waals surface area contributed by atoms with Crippen LogP contribution < -0.4 is 5.32 Å². The van der Waals surface area contributed by atoms with Crippen molar-refractivity contribution >= 4 is 17.4 Å². The first-order chi connectivity index (χ1) is 6.74. The standard InChI is InChI=1S/C10H16ClN3O/c1-9(2,10(3,4)15)14-8-7(11)5-12-6-13-8/h5-6,15H,1-4H3,(H,12,13,14). The van der Waals surface area contributed by atoms with Gasteiger partial charge in [0.25, 0.3) is 0 Å². The SMILES string of the molecule is CC(C)(O)C(C)(C)Nc1ncncc1Cl. The van der Waals surface area contributed by atoms with E-state index in [4.69, 9.17) is 11.6 Å². The van der Waals surface area contributed by atoms with Gasteiger partial charge < -0.3 is 10.4 Å². The van der Waals surface area contributed by atoms with Gasteiger partial charge in [0, 0.05) is 0 Å². The monoisotopic (exact) mass is 229 g/mol. The Morgan fingerprint density at radius 1 is 1.33 bits per heavy atom. The van der Waals surface area contributed by atoms with E-state index in [1.807, 2.05) is 13.8 Å². The largest absolute Gasteiger partial charge is 0.388 e. The molecule has 1 aromatic heterocycles. The molecule has 15 heavy (non-hydrogen) atoms. The second-order valence-electron chi connectivity index (χ2n) is 4.53. The van der Waals surface area contributed by atoms with E-state index in [1.165, 1.54) is 12.5 Å². The number of halogens is 1. The molecule has 2 N–H and O–H groups in total. The van der Waals surface area contributed by atoms with Gasteiger partial charge in [-0.1, -0.05) is 11.6 Å². The Kier molecular flexibility index (Phi) is 3.21. The Bertz CT molecular complexity index is 347. The van der Waals surface area contributed by atoms with Gasteiger partial charge in [-0.3, -0.25) is 0 Å². The van der Waals surface area contributed by atoms with Crippen molar-refractivity contribution in [2.24, 2.45) is 0 Å². The van der Waals surface area contributed by atoms with Crippen molar-refractivity contribution in [2.75, 3.05) is 5.32 Å². The Morgan fingerprint density at radius 3 is 2.40 bits per heavy atom. The number of nitrogens with one attached hydrogen (secondary N) is 1. The summed E-state index contributed by atoms with van der Waals surface area (Å²) in [5, 5.41) is 13.5. The third-order valence-corrected chi connectivity index (χ3v) is 2.90. The van der Waals surface area contributed by atoms with Crippen LogP contribution in [0.5, 0.6) is 0 Å². The highest BCUT2D eigenvalue weighted by Gasteiger charge is 2.35. The van der Waals surface area contributed by atoms with E-state index in [-0.39, 0.29) is 0 Å². The smallest absolute Gasteiger partial charge is 0.148 e. The summed E-state index contributed by atoms with van der Waals surface area (Å²) < 4.78 is 0. The topological polar surface area (TPSA) is 58.0 Å². The van der Waals surface area contributed by atoms with Crippen LogP contribution in [0, 0.1) is 0 Å². The summed E-state index contributed by atoms with van der Waals surface area (Å²) in [7, 11) is 0. The average molecular weight is 230 g/mol. The summed E-state index contributed by atoms with van der Waals surface area (Å²) in [4.78, 5) is 7.80. The van der Waals surface area contributed by atoms with E-state index in [9.17, 15) is 5.11 Å². The minimum Gasteiger partial charge on any atom is -0.388 e. The molecule has 0 aliphatic heterocycles. The first-order valence-corrected chi connectivity index (χ1v) is 5.08. The normalized spacial score (nSPS) is 12.7. The molecule has 1 heterocycles. The molecule has 0 amide bonds. The third-order valence-electron chi connectivity index (χ3n) is 2.63. The van der Waals surface area contributed by atoms with E-state index in [0.29, 0.717) is 10.8 Å². The molecule has 0 aromatic carbocycles. The molecule has 0 aliphatic carbocycles. The summed E-state index contributed by atoms with van der Waals surface area (Å²) in [6.45, 7) is 7.22. The Hall–Kier alpha value is -0.870. The molecule has 0 atom stereocenters. The van der Waals surface area contributed by atoms with Crippen LogP contribution in [0.3, 0.4) is 0 Å². The molecule has 0 saturated carbocycles. The van der Waals surface area contributed by atoms with Crippen molar-refractivity contribution in [3.63, 3.8) is 0 Å². The zero-order chi connectivity index (χ0) is 11.7. The lowest BCUT2D eigenvalue weighted by atomic mass is 9.86. The average Bonchev–Trinajstić information content (AvgIpc) is 2.06. The second kappa shape index (κ2) is 3.94. The van der Waals surface area contributed by atoms with E-state index in [2.05, 4.69) is 15.3 Å². The van der Waals surface area contributed by atoms with Crippen molar-refractivity contribution in [3.8, 4) is 0 Å². The Balaban J connectivity index is 2.92. The maximum Gasteiger partial charge on any atom is 0.148 e. The maximum atomic E-state index is 9.95. The number of rotatable bonds is 3. The highest BCUT2D eigenvalue weighted by atomic mass is 35.5. The minimum atomic E-state index is -0.888. The fraction of sp³-hybridized carbons (Fsp3) is 0.600. The molecule has 0 spiro atoms. The molecule has 1 aromatic rings. The van der Waals surface area contributed by atoms with Gasteiger partial charge in [-0.15, -0.1) is 0 Å². The zero-order valence-electron chi connectivity index (χ0n) is 9.37. The fourth-order valence-electron chi connectivity index (χ4n) is 0.854. The molecule has 84 valence electrons. The first kappa shape index (κ1) is 12.2. The van der Waals surface area contributed by atoms with Crippen molar-refractivity contribution in [1.82, 2.24) is 9.97 Å². The van der Waals surface area contributed by atoms with Gasteiger partial charge in [-0.05, 0) is 27.7 Å². The molecule has 0 radical (unpaired) electrons. The highest BCUT2D eigenvalue weighted by molar-refractivity contribution is 6.32. The molecule has 0 aliphatic rings. The van der Waals surface area contributed by atoms with Gasteiger partial charge >= 0.3 is 0 Å². The number of hydrogen-bond donors (Lipinski definition) is 2. The van der Waals surface area contributed by atoms with Crippen molar-refractivity contribution in [3.05, 3.63) is 17.5 Å². The number of anilines is 1. The first-order valence-electron chi connectivity index (χ1n) is 4.70. The van der Waals surface area contributed by atoms with Crippen LogP contribution in [-0.4, -0.2) is 26.2 Å². The van der Waals surface area contributed by atoms with Crippen LogP contribution in [0.15, 0.2) is 12.5 Å². The fourth-order valence-corrected chi connectivity index (χ4v) is 1.01. The lowest BCUT2D eigenvalue weighted by Gasteiger charge is -2.38. The van der Waals surface area contributed by atoms with Crippen LogP contribution in [0.25, 0.3) is 0 Å². The summed E-state index contributed by atoms with van der Waals surface area (Å²) in [6, 6.07) is 0. The molecular formula is C10H16ClN3O. The van der Waals surface area contributed by atoms with E-state index in [0.717, 1.165) is 0 Å². The predicted octanol–water partition coefficient (Wildman–Crippen LogP) is 2.09. The highest BCUT2D eigenvalue weighted by Crippen LogP contribution is 2.27. The summed E-state index contributed by atoms with van der Waals surface area (Å²) >= 11 is 5.91. The van der Waals surface area contributed by atoms with E-state index < -0.39 is 11.1 Å². The number of aromatic nitrogens is 2. The number of aliphatic hydroxyl groups is 1. The van der Waals surface area contributed by atoms with Crippen LogP contribution in [0.1, 0.15) is 27.7 Å². The second-order valence-corrected chi connectivity index (χ2v) is 4.94. The van der Waals surface area contributed by atoms with Gasteiger partial charge in [0.15, 0.2) is 0 Å². The minimum absolute atomic E-state index is 0.440. The lowest BCUT2D eigenvalue weighted by Crippen LogP contribution is -2.51. The summed E-state index contributed by atoms with van der Waals surface area (Å²) in [6.07, 6.45) is 2.92. The van der Waals surface area contributed by atoms with Gasteiger partial charge in [0.1, 0.15) is 17.2 Å². The zero-order valence-corrected chi connectivity index (χ0v) is 10.1. The lowest BCUT2D eigenvalue weighted by molar-refractivity contribution is 0.0239. The van der Waals surface area contributed by atoms with Crippen LogP contribution in [-0.2, 0) is 0 Å². The Labute approximate surface area is 94.7 Å². The molecule has 0 fully saturated rings. The van der Waals surface area contributed by atoms with Gasteiger partial charge in [-0.2, -0.15) is 0 Å². The van der Waals surface area contributed by atoms with Crippen molar-refractivity contribution in [1.29, 1.82) is 0 Å². The molecule has 0 saturated heterocycles. The number of nitrogens with zero attached hydrogens (tertiary/aromatic N) is 2. The molecule has 0 bridgehead atoms. The number of hydrogen-bond acceptors (Lipinski definition) is 4. The maximum absolute atomic E-state index is 9.95. The van der Waals surface area contributed by atoms with Gasteiger partial charge in [0.2, 0.25) is 0 Å². The van der Waals surface area contributed by atoms with Crippen molar-refractivity contribution in [2.45, 2.75) is 38.8 Å². The quantitative estimate of drug-likeness (QED) is 0.834. The molecular weight excluding hydrogens is 214 g/mol. The van der Waals surface area contributed by atoms with Gasteiger partial charge in [-0.25, -0.2) is 9.97 Å². The Morgan fingerprint density at radius 2 is 1.93 bits per heavy atom.